The molecule has 0 amide bonds. The predicted octanol–water partition coefficient (Wildman–Crippen LogP) is 2.69. The Morgan fingerprint density at radius 1 is 1.55 bits per heavy atom. The quantitative estimate of drug-likeness (QED) is 0.940. The molecule has 2 aromatic rings. The molecule has 0 aliphatic carbocycles. The number of benzene rings is 1. The second-order valence-corrected chi connectivity index (χ2v) is 6.62. The van der Waals surface area contributed by atoms with Crippen LogP contribution in [-0.4, -0.2) is 39.8 Å². The number of aliphatic hydroxyl groups is 1. The summed E-state index contributed by atoms with van der Waals surface area (Å²) in [6, 6.07) is 6.04. The van der Waals surface area contributed by atoms with Crippen LogP contribution in [0.5, 0.6) is 5.75 Å². The standard InChI is InChI=1S/C16H19FN2O2S/c1-16(20)10-19(8-13-9-22-11-18-13)6-5-15(16)21-14-4-2-3-12(17)7-14/h2-4,7,9,11,15,20H,5-6,8,10H2,1H3/t15-,16-/m0/s1. The number of piperidine rings is 1. The number of β-amino-alcohol motifs (C(OH)–C–C–N with tert-alkyl or cyclic N) is 1. The second-order valence-electron chi connectivity index (χ2n) is 5.90. The van der Waals surface area contributed by atoms with Gasteiger partial charge in [-0.2, -0.15) is 0 Å². The van der Waals surface area contributed by atoms with Crippen LogP contribution in [0.4, 0.5) is 4.39 Å². The van der Waals surface area contributed by atoms with E-state index in [-0.39, 0.29) is 11.9 Å². The van der Waals surface area contributed by atoms with Crippen LogP contribution in [0.1, 0.15) is 19.0 Å². The van der Waals surface area contributed by atoms with E-state index in [9.17, 15) is 9.50 Å². The molecule has 1 N–H and O–H groups in total. The lowest BCUT2D eigenvalue weighted by Gasteiger charge is -2.42. The molecule has 6 heteroatoms. The molecule has 0 bridgehead atoms. The second kappa shape index (κ2) is 6.32. The first-order chi connectivity index (χ1) is 10.5. The van der Waals surface area contributed by atoms with E-state index in [4.69, 9.17) is 4.74 Å². The van der Waals surface area contributed by atoms with Crippen LogP contribution in [-0.2, 0) is 6.54 Å². The van der Waals surface area contributed by atoms with Gasteiger partial charge in [0.05, 0.1) is 11.2 Å². The van der Waals surface area contributed by atoms with E-state index in [2.05, 4.69) is 9.88 Å². The summed E-state index contributed by atoms with van der Waals surface area (Å²) in [6.45, 7) is 3.81. The molecular weight excluding hydrogens is 303 g/mol. The lowest BCUT2D eigenvalue weighted by molar-refractivity contribution is -0.0995. The van der Waals surface area contributed by atoms with Crippen molar-refractivity contribution in [3.05, 3.63) is 46.7 Å². The minimum atomic E-state index is -0.986. The van der Waals surface area contributed by atoms with Crippen molar-refractivity contribution in [2.75, 3.05) is 13.1 Å². The zero-order valence-electron chi connectivity index (χ0n) is 12.4. The fourth-order valence-corrected chi connectivity index (χ4v) is 3.36. The summed E-state index contributed by atoms with van der Waals surface area (Å²) in [5, 5.41) is 12.7. The number of halogens is 1. The van der Waals surface area contributed by atoms with Gasteiger partial charge < -0.3 is 9.84 Å². The molecule has 1 fully saturated rings. The Bertz CT molecular complexity index is 618. The summed E-state index contributed by atoms with van der Waals surface area (Å²) in [4.78, 5) is 6.44. The Kier molecular flexibility index (Phi) is 4.42. The Morgan fingerprint density at radius 2 is 2.41 bits per heavy atom. The number of rotatable bonds is 4. The SMILES string of the molecule is C[C@]1(O)CN(Cc2cscn2)CC[C@@H]1Oc1cccc(F)c1. The number of hydrogen-bond acceptors (Lipinski definition) is 5. The van der Waals surface area contributed by atoms with Crippen molar-refractivity contribution in [1.82, 2.24) is 9.88 Å². The summed E-state index contributed by atoms with van der Waals surface area (Å²) in [5.74, 6) is 0.122. The van der Waals surface area contributed by atoms with E-state index in [1.807, 2.05) is 10.9 Å². The summed E-state index contributed by atoms with van der Waals surface area (Å²) in [7, 11) is 0. The van der Waals surface area contributed by atoms with Crippen LogP contribution in [0.25, 0.3) is 0 Å². The third-order valence-electron chi connectivity index (χ3n) is 3.89. The Balaban J connectivity index is 1.63. The van der Waals surface area contributed by atoms with Gasteiger partial charge in [0.2, 0.25) is 0 Å². The highest BCUT2D eigenvalue weighted by atomic mass is 32.1. The van der Waals surface area contributed by atoms with Crippen LogP contribution in [0.15, 0.2) is 35.2 Å². The highest BCUT2D eigenvalue weighted by Gasteiger charge is 2.39. The molecule has 0 saturated carbocycles. The largest absolute Gasteiger partial charge is 0.487 e. The molecule has 1 aromatic heterocycles. The van der Waals surface area contributed by atoms with Gasteiger partial charge in [0.15, 0.2) is 0 Å². The molecule has 22 heavy (non-hydrogen) atoms. The van der Waals surface area contributed by atoms with Gasteiger partial charge in [-0.25, -0.2) is 9.37 Å². The van der Waals surface area contributed by atoms with Gasteiger partial charge in [-0.1, -0.05) is 6.07 Å². The number of thiazole rings is 1. The van der Waals surface area contributed by atoms with Crippen LogP contribution < -0.4 is 4.74 Å². The van der Waals surface area contributed by atoms with E-state index in [1.165, 1.54) is 12.1 Å². The van der Waals surface area contributed by atoms with Crippen molar-refractivity contribution in [2.24, 2.45) is 0 Å². The highest BCUT2D eigenvalue weighted by Crippen LogP contribution is 2.27. The number of likely N-dealkylation sites (tertiary alicyclic amines) is 1. The molecule has 1 aliphatic heterocycles. The van der Waals surface area contributed by atoms with Crippen LogP contribution >= 0.6 is 11.3 Å². The first kappa shape index (κ1) is 15.4. The Morgan fingerprint density at radius 3 is 3.09 bits per heavy atom. The number of ether oxygens (including phenoxy) is 1. The molecule has 0 radical (unpaired) electrons. The smallest absolute Gasteiger partial charge is 0.129 e. The van der Waals surface area contributed by atoms with Crippen molar-refractivity contribution in [1.29, 1.82) is 0 Å². The van der Waals surface area contributed by atoms with E-state index in [0.29, 0.717) is 18.7 Å². The van der Waals surface area contributed by atoms with Gasteiger partial charge in [-0.05, 0) is 25.5 Å². The van der Waals surface area contributed by atoms with Gasteiger partial charge in [0.1, 0.15) is 23.3 Å². The van der Waals surface area contributed by atoms with Crippen molar-refractivity contribution in [3.8, 4) is 5.75 Å². The number of aromatic nitrogens is 1. The fourth-order valence-electron chi connectivity index (χ4n) is 2.81. The molecule has 0 unspecified atom stereocenters. The van der Waals surface area contributed by atoms with Crippen molar-refractivity contribution in [3.63, 3.8) is 0 Å². The lowest BCUT2D eigenvalue weighted by Crippen LogP contribution is -2.56. The molecular formula is C16H19FN2O2S. The monoisotopic (exact) mass is 322 g/mol. The zero-order chi connectivity index (χ0) is 15.6. The van der Waals surface area contributed by atoms with Crippen LogP contribution in [0, 0.1) is 5.82 Å². The molecule has 2 atom stereocenters. The van der Waals surface area contributed by atoms with E-state index < -0.39 is 5.60 Å². The third-order valence-corrected chi connectivity index (χ3v) is 4.52. The number of nitrogens with zero attached hydrogens (tertiary/aromatic N) is 2. The normalized spacial score (nSPS) is 26.0. The Labute approximate surface area is 133 Å². The summed E-state index contributed by atoms with van der Waals surface area (Å²) in [6.07, 6.45) is 0.342. The average Bonchev–Trinajstić information content (AvgIpc) is 2.94. The molecule has 3 rings (SSSR count). The minimum Gasteiger partial charge on any atom is -0.487 e. The maximum absolute atomic E-state index is 13.2. The molecule has 2 heterocycles. The number of hydrogen-bond donors (Lipinski definition) is 1. The summed E-state index contributed by atoms with van der Waals surface area (Å²) < 4.78 is 19.0. The van der Waals surface area contributed by atoms with Crippen molar-refractivity contribution >= 4 is 11.3 Å². The van der Waals surface area contributed by atoms with Gasteiger partial charge >= 0.3 is 0 Å². The maximum Gasteiger partial charge on any atom is 0.129 e. The Hall–Kier alpha value is -1.50. The van der Waals surface area contributed by atoms with Crippen LogP contribution in [0.3, 0.4) is 0 Å². The van der Waals surface area contributed by atoms with Gasteiger partial charge in [0.25, 0.3) is 0 Å². The fraction of sp³-hybridized carbons (Fsp3) is 0.438. The topological polar surface area (TPSA) is 45.6 Å². The minimum absolute atomic E-state index is 0.335. The molecule has 1 aromatic carbocycles. The lowest BCUT2D eigenvalue weighted by atomic mass is 9.91. The third kappa shape index (κ3) is 3.63. The highest BCUT2D eigenvalue weighted by molar-refractivity contribution is 7.07. The maximum atomic E-state index is 13.2. The van der Waals surface area contributed by atoms with E-state index >= 15 is 0 Å². The van der Waals surface area contributed by atoms with Gasteiger partial charge in [-0.3, -0.25) is 4.90 Å². The summed E-state index contributed by atoms with van der Waals surface area (Å²) >= 11 is 1.57. The first-order valence-electron chi connectivity index (χ1n) is 7.27. The molecule has 4 nitrogen and oxygen atoms in total. The summed E-state index contributed by atoms with van der Waals surface area (Å²) in [5.41, 5.74) is 1.85. The molecule has 1 saturated heterocycles. The van der Waals surface area contributed by atoms with Gasteiger partial charge in [-0.15, -0.1) is 11.3 Å². The van der Waals surface area contributed by atoms with E-state index in [0.717, 1.165) is 18.8 Å². The van der Waals surface area contributed by atoms with Gasteiger partial charge in [0, 0.05) is 31.1 Å². The molecule has 118 valence electrons. The predicted molar refractivity (Wildman–Crippen MR) is 83.4 cm³/mol. The average molecular weight is 322 g/mol. The molecule has 1 aliphatic rings. The van der Waals surface area contributed by atoms with Crippen molar-refractivity contribution < 1.29 is 14.2 Å². The first-order valence-corrected chi connectivity index (χ1v) is 8.21. The zero-order valence-corrected chi connectivity index (χ0v) is 13.2. The van der Waals surface area contributed by atoms with E-state index in [1.54, 1.807) is 30.4 Å². The van der Waals surface area contributed by atoms with Crippen LogP contribution in [0.2, 0.25) is 0 Å². The molecule has 0 spiro atoms. The van der Waals surface area contributed by atoms with Crippen molar-refractivity contribution in [2.45, 2.75) is 31.6 Å².